The maximum absolute atomic E-state index is 13.1. The van der Waals surface area contributed by atoms with Crippen LogP contribution in [0.25, 0.3) is 0 Å². The van der Waals surface area contributed by atoms with Gasteiger partial charge in [-0.3, -0.25) is 4.79 Å². The molecule has 0 amide bonds. The monoisotopic (exact) mass is 311 g/mol. The van der Waals surface area contributed by atoms with Crippen LogP contribution in [0.1, 0.15) is 0 Å². The van der Waals surface area contributed by atoms with Crippen molar-refractivity contribution >= 4 is 31.9 Å². The molecule has 0 saturated carbocycles. The summed E-state index contributed by atoms with van der Waals surface area (Å²) in [6.07, 6.45) is 0. The minimum atomic E-state index is -3.99. The van der Waals surface area contributed by atoms with Crippen molar-refractivity contribution < 1.29 is 22.7 Å². The van der Waals surface area contributed by atoms with E-state index in [1.54, 1.807) is 0 Å². The lowest BCUT2D eigenvalue weighted by molar-refractivity contribution is -0.135. The molecule has 0 aromatic heterocycles. The van der Waals surface area contributed by atoms with Gasteiger partial charge in [0, 0.05) is 0 Å². The van der Waals surface area contributed by atoms with E-state index < -0.39 is 28.4 Å². The number of aliphatic carboxylic acids is 1. The number of carbonyl (C=O) groups is 1. The molecule has 0 saturated heterocycles. The minimum absolute atomic E-state index is 0.129. The first-order chi connectivity index (χ1) is 7.33. The molecule has 0 spiro atoms. The van der Waals surface area contributed by atoms with Crippen LogP contribution in [0.2, 0.25) is 0 Å². The summed E-state index contributed by atoms with van der Waals surface area (Å²) in [5, 5.41) is 8.31. The largest absolute Gasteiger partial charge is 0.480 e. The van der Waals surface area contributed by atoms with E-state index in [2.05, 4.69) is 15.9 Å². The van der Waals surface area contributed by atoms with Crippen molar-refractivity contribution in [2.75, 3.05) is 6.54 Å². The highest BCUT2D eigenvalue weighted by atomic mass is 79.9. The molecule has 0 aliphatic heterocycles. The van der Waals surface area contributed by atoms with Gasteiger partial charge in [0.2, 0.25) is 10.0 Å². The Kier molecular flexibility index (Phi) is 4.00. The van der Waals surface area contributed by atoms with Gasteiger partial charge in [-0.25, -0.2) is 12.8 Å². The van der Waals surface area contributed by atoms with Gasteiger partial charge in [-0.05, 0) is 34.1 Å². The van der Waals surface area contributed by atoms with Crippen molar-refractivity contribution in [1.82, 2.24) is 4.72 Å². The van der Waals surface area contributed by atoms with E-state index in [1.165, 1.54) is 6.07 Å². The highest BCUT2D eigenvalue weighted by molar-refractivity contribution is 9.10. The SMILES string of the molecule is O=C(O)CNS(=O)(=O)c1ccc(Br)c(F)c1. The Morgan fingerprint density at radius 1 is 1.50 bits per heavy atom. The van der Waals surface area contributed by atoms with Gasteiger partial charge in [-0.1, -0.05) is 0 Å². The summed E-state index contributed by atoms with van der Waals surface area (Å²) in [5.74, 6) is -2.06. The molecular weight excluding hydrogens is 305 g/mol. The van der Waals surface area contributed by atoms with Gasteiger partial charge in [0.15, 0.2) is 0 Å². The van der Waals surface area contributed by atoms with Crippen molar-refractivity contribution in [3.8, 4) is 0 Å². The molecule has 1 aromatic rings. The molecule has 0 heterocycles. The van der Waals surface area contributed by atoms with Crippen LogP contribution in [0.5, 0.6) is 0 Å². The Bertz CT molecular complexity index is 517. The van der Waals surface area contributed by atoms with Gasteiger partial charge in [0.1, 0.15) is 12.4 Å². The van der Waals surface area contributed by atoms with E-state index in [4.69, 9.17) is 5.11 Å². The topological polar surface area (TPSA) is 83.5 Å². The van der Waals surface area contributed by atoms with E-state index in [0.717, 1.165) is 12.1 Å². The second kappa shape index (κ2) is 4.89. The molecule has 0 fully saturated rings. The second-order valence-electron chi connectivity index (χ2n) is 2.79. The van der Waals surface area contributed by atoms with E-state index in [9.17, 15) is 17.6 Å². The maximum atomic E-state index is 13.1. The van der Waals surface area contributed by atoms with Crippen LogP contribution in [0.4, 0.5) is 4.39 Å². The highest BCUT2D eigenvalue weighted by Gasteiger charge is 2.16. The quantitative estimate of drug-likeness (QED) is 0.867. The zero-order chi connectivity index (χ0) is 12.3. The Labute approximate surface area is 99.5 Å². The van der Waals surface area contributed by atoms with Gasteiger partial charge >= 0.3 is 5.97 Å². The molecular formula is C8H7BrFNO4S. The van der Waals surface area contributed by atoms with Crippen molar-refractivity contribution in [3.63, 3.8) is 0 Å². The first-order valence-electron chi connectivity index (χ1n) is 3.99. The lowest BCUT2D eigenvalue weighted by atomic mass is 10.3. The molecule has 5 nitrogen and oxygen atoms in total. The van der Waals surface area contributed by atoms with Crippen molar-refractivity contribution in [1.29, 1.82) is 0 Å². The summed E-state index contributed by atoms with van der Waals surface area (Å²) in [6.45, 7) is -0.750. The zero-order valence-electron chi connectivity index (χ0n) is 7.78. The average molecular weight is 312 g/mol. The van der Waals surface area contributed by atoms with Gasteiger partial charge in [0.05, 0.1) is 9.37 Å². The fraction of sp³-hybridized carbons (Fsp3) is 0.125. The normalized spacial score (nSPS) is 11.4. The molecule has 0 aliphatic rings. The summed E-state index contributed by atoms with van der Waals surface area (Å²) >= 11 is 2.87. The van der Waals surface area contributed by atoms with Crippen LogP contribution < -0.4 is 4.72 Å². The van der Waals surface area contributed by atoms with E-state index in [0.29, 0.717) is 0 Å². The Morgan fingerprint density at radius 2 is 2.12 bits per heavy atom. The summed E-state index contributed by atoms with van der Waals surface area (Å²) in [5.41, 5.74) is 0. The first-order valence-corrected chi connectivity index (χ1v) is 6.27. The van der Waals surface area contributed by atoms with E-state index >= 15 is 0 Å². The van der Waals surface area contributed by atoms with Crippen molar-refractivity contribution in [3.05, 3.63) is 28.5 Å². The van der Waals surface area contributed by atoms with Crippen LogP contribution in [-0.2, 0) is 14.8 Å². The zero-order valence-corrected chi connectivity index (χ0v) is 10.2. The van der Waals surface area contributed by atoms with Crippen LogP contribution in [-0.4, -0.2) is 26.0 Å². The molecule has 16 heavy (non-hydrogen) atoms. The molecule has 0 atom stereocenters. The number of carboxylic acids is 1. The summed E-state index contributed by atoms with van der Waals surface area (Å²) in [4.78, 5) is 9.87. The van der Waals surface area contributed by atoms with Crippen LogP contribution >= 0.6 is 15.9 Å². The molecule has 1 aromatic carbocycles. The third kappa shape index (κ3) is 3.26. The van der Waals surface area contributed by atoms with Crippen molar-refractivity contribution in [2.24, 2.45) is 0 Å². The van der Waals surface area contributed by atoms with Crippen molar-refractivity contribution in [2.45, 2.75) is 4.90 Å². The second-order valence-corrected chi connectivity index (χ2v) is 5.42. The van der Waals surface area contributed by atoms with Gasteiger partial charge < -0.3 is 5.11 Å². The highest BCUT2D eigenvalue weighted by Crippen LogP contribution is 2.18. The lowest BCUT2D eigenvalue weighted by Crippen LogP contribution is -2.29. The number of benzene rings is 1. The molecule has 2 N–H and O–H groups in total. The number of rotatable bonds is 4. The van der Waals surface area contributed by atoms with Gasteiger partial charge in [0.25, 0.3) is 0 Å². The first kappa shape index (κ1) is 13.1. The summed E-state index contributed by atoms with van der Waals surface area (Å²) < 4.78 is 37.9. The van der Waals surface area contributed by atoms with Crippen LogP contribution in [0, 0.1) is 5.82 Å². The number of hydrogen-bond acceptors (Lipinski definition) is 3. The fourth-order valence-corrected chi connectivity index (χ4v) is 2.12. The molecule has 1 rings (SSSR count). The van der Waals surface area contributed by atoms with Crippen LogP contribution in [0.3, 0.4) is 0 Å². The smallest absolute Gasteiger partial charge is 0.318 e. The molecule has 0 unspecified atom stereocenters. The van der Waals surface area contributed by atoms with E-state index in [-0.39, 0.29) is 9.37 Å². The molecule has 0 radical (unpaired) electrons. The predicted octanol–water partition coefficient (Wildman–Crippen LogP) is 0.951. The maximum Gasteiger partial charge on any atom is 0.318 e. The number of carboxylic acid groups (broad SMARTS) is 1. The average Bonchev–Trinajstić information content (AvgIpc) is 2.19. The number of nitrogens with one attached hydrogen (secondary N) is 1. The molecule has 0 bridgehead atoms. The van der Waals surface area contributed by atoms with Crippen LogP contribution in [0.15, 0.2) is 27.6 Å². The summed E-state index contributed by atoms with van der Waals surface area (Å²) in [7, 11) is -3.99. The predicted molar refractivity (Wildman–Crippen MR) is 56.9 cm³/mol. The van der Waals surface area contributed by atoms with Gasteiger partial charge in [-0.2, -0.15) is 4.72 Å². The third-order valence-corrected chi connectivity index (χ3v) is 3.66. The molecule has 0 aliphatic carbocycles. The third-order valence-electron chi connectivity index (χ3n) is 1.61. The fourth-order valence-electron chi connectivity index (χ4n) is 0.884. The van der Waals surface area contributed by atoms with Gasteiger partial charge in [-0.15, -0.1) is 0 Å². The molecule has 8 heteroatoms. The number of sulfonamides is 1. The molecule has 88 valence electrons. The Morgan fingerprint density at radius 3 is 2.62 bits per heavy atom. The van der Waals surface area contributed by atoms with E-state index in [1.807, 2.05) is 4.72 Å². The summed E-state index contributed by atoms with van der Waals surface area (Å²) in [6, 6.07) is 3.19. The Balaban J connectivity index is 2.99. The number of hydrogen-bond donors (Lipinski definition) is 2. The number of halogens is 2. The minimum Gasteiger partial charge on any atom is -0.480 e. The lowest BCUT2D eigenvalue weighted by Gasteiger charge is -2.04. The Hall–Kier alpha value is -0.990. The standard InChI is InChI=1S/C8H7BrFNO4S/c9-6-2-1-5(3-7(6)10)16(14,15)11-4-8(12)13/h1-3,11H,4H2,(H,12,13).